The number of carbonyl (C=O) groups is 1. The summed E-state index contributed by atoms with van der Waals surface area (Å²) in [6.07, 6.45) is -0.905. The van der Waals surface area contributed by atoms with Crippen LogP contribution in [0.5, 0.6) is 0 Å². The van der Waals surface area contributed by atoms with E-state index in [-0.39, 0.29) is 5.78 Å². The van der Waals surface area contributed by atoms with Gasteiger partial charge in [0.25, 0.3) is 0 Å². The van der Waals surface area contributed by atoms with Crippen molar-refractivity contribution in [1.82, 2.24) is 0 Å². The third-order valence-corrected chi connectivity index (χ3v) is 1.44. The molecule has 0 bridgehead atoms. The molecule has 0 saturated heterocycles. The van der Waals surface area contributed by atoms with Gasteiger partial charge in [0.05, 0.1) is 0 Å². The van der Waals surface area contributed by atoms with Crippen LogP contribution >= 0.6 is 0 Å². The second-order valence-electron chi connectivity index (χ2n) is 2.41. The zero-order valence-corrected chi connectivity index (χ0v) is 6.32. The van der Waals surface area contributed by atoms with Gasteiger partial charge >= 0.3 is 0 Å². The molecule has 0 amide bonds. The Kier molecular flexibility index (Phi) is 2.39. The molecule has 0 saturated carbocycles. The van der Waals surface area contributed by atoms with Crippen LogP contribution in [0.1, 0.15) is 17.3 Å². The highest BCUT2D eigenvalue weighted by Gasteiger charge is 2.09. The van der Waals surface area contributed by atoms with E-state index in [1.165, 1.54) is 6.92 Å². The average molecular weight is 150 g/mol. The van der Waals surface area contributed by atoms with Gasteiger partial charge in [-0.1, -0.05) is 30.3 Å². The van der Waals surface area contributed by atoms with Crippen molar-refractivity contribution in [1.29, 1.82) is 0 Å². The average Bonchev–Trinajstić information content (AvgIpc) is 2.05. The largest absolute Gasteiger partial charge is 0.385 e. The van der Waals surface area contributed by atoms with E-state index in [9.17, 15) is 4.79 Å². The van der Waals surface area contributed by atoms with Gasteiger partial charge in [-0.05, 0) is 6.92 Å². The predicted molar refractivity (Wildman–Crippen MR) is 42.5 cm³/mol. The van der Waals surface area contributed by atoms with Crippen LogP contribution in [0.3, 0.4) is 0 Å². The van der Waals surface area contributed by atoms with Crippen LogP contribution in [0, 0.1) is 0 Å². The quantitative estimate of drug-likeness (QED) is 0.644. The molecule has 2 heteroatoms. The highest BCUT2D eigenvalue weighted by molar-refractivity contribution is 5.98. The molecule has 1 rings (SSSR count). The first-order valence-electron chi connectivity index (χ1n) is 3.49. The molecule has 0 unspecified atom stereocenters. The lowest BCUT2D eigenvalue weighted by atomic mass is 10.1. The Balaban J connectivity index is 2.86. The topological polar surface area (TPSA) is 37.3 Å². The number of Topliss-reactive ketones (excluding diaryl/α,β-unsaturated/α-hetero) is 1. The molecule has 58 valence electrons. The van der Waals surface area contributed by atoms with Crippen molar-refractivity contribution in [2.24, 2.45) is 0 Å². The zero-order valence-electron chi connectivity index (χ0n) is 6.32. The van der Waals surface area contributed by atoms with E-state index in [0.717, 1.165) is 0 Å². The first kappa shape index (κ1) is 7.95. The SMILES string of the molecule is C[C@H](O)C(=O)c1ccccc1. The van der Waals surface area contributed by atoms with Crippen molar-refractivity contribution in [2.75, 3.05) is 0 Å². The Morgan fingerprint density at radius 3 is 2.36 bits per heavy atom. The van der Waals surface area contributed by atoms with Crippen LogP contribution in [0.25, 0.3) is 0 Å². The lowest BCUT2D eigenvalue weighted by molar-refractivity contribution is 0.0779. The number of rotatable bonds is 2. The third kappa shape index (κ3) is 1.88. The Labute approximate surface area is 65.5 Å². The monoisotopic (exact) mass is 150 g/mol. The Morgan fingerprint density at radius 2 is 1.91 bits per heavy atom. The van der Waals surface area contributed by atoms with Crippen LogP contribution in [-0.2, 0) is 0 Å². The van der Waals surface area contributed by atoms with Gasteiger partial charge < -0.3 is 5.11 Å². The first-order valence-corrected chi connectivity index (χ1v) is 3.49. The van der Waals surface area contributed by atoms with Crippen LogP contribution in [-0.4, -0.2) is 17.0 Å². The van der Waals surface area contributed by atoms with Gasteiger partial charge in [-0.15, -0.1) is 0 Å². The maximum atomic E-state index is 11.1. The molecule has 0 fully saturated rings. The lowest BCUT2D eigenvalue weighted by Crippen LogP contribution is -2.15. The van der Waals surface area contributed by atoms with E-state index in [2.05, 4.69) is 0 Å². The number of hydrogen-bond donors (Lipinski definition) is 1. The van der Waals surface area contributed by atoms with Gasteiger partial charge in [0.15, 0.2) is 5.78 Å². The molecule has 0 heterocycles. The first-order chi connectivity index (χ1) is 5.22. The Bertz CT molecular complexity index is 239. The van der Waals surface area contributed by atoms with Crippen LogP contribution in [0.2, 0.25) is 0 Å². The number of ketones is 1. The number of aliphatic hydroxyl groups excluding tert-OH is 1. The van der Waals surface area contributed by atoms with Crippen LogP contribution in [0.4, 0.5) is 0 Å². The summed E-state index contributed by atoms with van der Waals surface area (Å²) in [5.74, 6) is -0.231. The zero-order chi connectivity index (χ0) is 8.27. The maximum Gasteiger partial charge on any atom is 0.190 e. The predicted octanol–water partition coefficient (Wildman–Crippen LogP) is 1.25. The summed E-state index contributed by atoms with van der Waals surface area (Å²) in [6, 6.07) is 8.76. The summed E-state index contributed by atoms with van der Waals surface area (Å²) < 4.78 is 0. The van der Waals surface area contributed by atoms with E-state index in [4.69, 9.17) is 5.11 Å². The molecular formula is C9H10O2. The molecule has 1 aromatic carbocycles. The minimum Gasteiger partial charge on any atom is -0.385 e. The van der Waals surface area contributed by atoms with E-state index in [0.29, 0.717) is 5.56 Å². The summed E-state index contributed by atoms with van der Waals surface area (Å²) in [4.78, 5) is 11.1. The van der Waals surface area contributed by atoms with Gasteiger partial charge in [-0.25, -0.2) is 0 Å². The molecule has 1 aromatic rings. The van der Waals surface area contributed by atoms with Gasteiger partial charge in [0.1, 0.15) is 6.10 Å². The van der Waals surface area contributed by atoms with E-state index < -0.39 is 6.10 Å². The van der Waals surface area contributed by atoms with Crippen LogP contribution in [0.15, 0.2) is 30.3 Å². The molecule has 1 atom stereocenters. The van der Waals surface area contributed by atoms with Crippen molar-refractivity contribution in [3.05, 3.63) is 35.9 Å². The van der Waals surface area contributed by atoms with Crippen molar-refractivity contribution in [2.45, 2.75) is 13.0 Å². The molecule has 0 aliphatic rings. The van der Waals surface area contributed by atoms with E-state index in [1.54, 1.807) is 24.3 Å². The summed E-state index contributed by atoms with van der Waals surface area (Å²) in [5.41, 5.74) is 0.558. The van der Waals surface area contributed by atoms with Crippen molar-refractivity contribution in [3.63, 3.8) is 0 Å². The molecule has 0 aromatic heterocycles. The smallest absolute Gasteiger partial charge is 0.190 e. The minimum absolute atomic E-state index is 0.231. The van der Waals surface area contributed by atoms with Crippen molar-refractivity contribution in [3.8, 4) is 0 Å². The van der Waals surface area contributed by atoms with Gasteiger partial charge in [-0.3, -0.25) is 4.79 Å². The Morgan fingerprint density at radius 1 is 1.36 bits per heavy atom. The van der Waals surface area contributed by atoms with Crippen LogP contribution < -0.4 is 0 Å². The Hall–Kier alpha value is -1.15. The molecular weight excluding hydrogens is 140 g/mol. The molecule has 1 N–H and O–H groups in total. The van der Waals surface area contributed by atoms with Crippen molar-refractivity contribution >= 4 is 5.78 Å². The summed E-state index contributed by atoms with van der Waals surface area (Å²) in [6.45, 7) is 1.47. The van der Waals surface area contributed by atoms with Gasteiger partial charge in [0, 0.05) is 5.56 Å². The standard InChI is InChI=1S/C9H10O2/c1-7(10)9(11)8-5-3-2-4-6-8/h2-7,10H,1H3/t7-/m0/s1. The molecule has 0 spiro atoms. The second kappa shape index (κ2) is 3.30. The minimum atomic E-state index is -0.905. The summed E-state index contributed by atoms with van der Waals surface area (Å²) in [7, 11) is 0. The number of aliphatic hydroxyl groups is 1. The highest BCUT2D eigenvalue weighted by atomic mass is 16.3. The fourth-order valence-corrected chi connectivity index (χ4v) is 0.844. The molecule has 2 nitrogen and oxygen atoms in total. The third-order valence-electron chi connectivity index (χ3n) is 1.44. The highest BCUT2D eigenvalue weighted by Crippen LogP contribution is 2.02. The van der Waals surface area contributed by atoms with E-state index in [1.807, 2.05) is 6.07 Å². The second-order valence-corrected chi connectivity index (χ2v) is 2.41. The molecule has 0 aliphatic heterocycles. The lowest BCUT2D eigenvalue weighted by Gasteiger charge is -2.01. The van der Waals surface area contributed by atoms with Gasteiger partial charge in [-0.2, -0.15) is 0 Å². The number of benzene rings is 1. The number of hydrogen-bond acceptors (Lipinski definition) is 2. The fourth-order valence-electron chi connectivity index (χ4n) is 0.844. The summed E-state index contributed by atoms with van der Waals surface area (Å²) in [5, 5.41) is 8.92. The van der Waals surface area contributed by atoms with E-state index >= 15 is 0 Å². The molecule has 11 heavy (non-hydrogen) atoms. The van der Waals surface area contributed by atoms with Crippen molar-refractivity contribution < 1.29 is 9.90 Å². The van der Waals surface area contributed by atoms with Gasteiger partial charge in [0.2, 0.25) is 0 Å². The summed E-state index contributed by atoms with van der Waals surface area (Å²) >= 11 is 0. The maximum absolute atomic E-state index is 11.1. The molecule has 0 radical (unpaired) electrons. The fraction of sp³-hybridized carbons (Fsp3) is 0.222. The normalized spacial score (nSPS) is 12.5. The molecule has 0 aliphatic carbocycles. The number of carbonyl (C=O) groups excluding carboxylic acids is 1.